The lowest BCUT2D eigenvalue weighted by atomic mass is 10.1. The van der Waals surface area contributed by atoms with Crippen LogP contribution in [0.2, 0.25) is 0 Å². The van der Waals surface area contributed by atoms with Crippen LogP contribution in [-0.4, -0.2) is 44.2 Å². The van der Waals surface area contributed by atoms with Crippen LogP contribution in [0.1, 0.15) is 17.3 Å². The van der Waals surface area contributed by atoms with Crippen molar-refractivity contribution in [3.63, 3.8) is 0 Å². The summed E-state index contributed by atoms with van der Waals surface area (Å²) >= 11 is 3.32. The molecule has 2 N–H and O–H groups in total. The first kappa shape index (κ1) is 20.5. The molecule has 27 heavy (non-hydrogen) atoms. The van der Waals surface area contributed by atoms with E-state index in [0.717, 1.165) is 4.47 Å². The fourth-order valence-corrected chi connectivity index (χ4v) is 2.62. The Balaban J connectivity index is 2.42. The highest BCUT2D eigenvalue weighted by Gasteiger charge is 2.22. The van der Waals surface area contributed by atoms with E-state index in [-0.39, 0.29) is 29.8 Å². The number of carbonyl (C=O) groups is 2. The number of nitrogens with zero attached hydrogens (tertiary/aromatic N) is 2. The summed E-state index contributed by atoms with van der Waals surface area (Å²) in [5.74, 6) is 0.276. The van der Waals surface area contributed by atoms with E-state index >= 15 is 0 Å². The maximum atomic E-state index is 13.0. The molecule has 8 nitrogen and oxygen atoms in total. The van der Waals surface area contributed by atoms with Crippen molar-refractivity contribution >= 4 is 33.6 Å². The Bertz CT molecular complexity index is 801. The molecule has 0 bridgehead atoms. The van der Waals surface area contributed by atoms with Gasteiger partial charge in [0.15, 0.2) is 18.1 Å². The van der Waals surface area contributed by atoms with Crippen molar-refractivity contribution < 1.29 is 23.8 Å². The summed E-state index contributed by atoms with van der Waals surface area (Å²) in [7, 11) is 2.85. The lowest BCUT2D eigenvalue weighted by molar-refractivity contribution is -0.120. The summed E-state index contributed by atoms with van der Waals surface area (Å²) in [5.41, 5.74) is 5.44. The Morgan fingerprint density at radius 1 is 1.19 bits per heavy atom. The van der Waals surface area contributed by atoms with Crippen LogP contribution in [0.5, 0.6) is 17.2 Å². The number of benzene rings is 1. The van der Waals surface area contributed by atoms with Gasteiger partial charge in [0, 0.05) is 22.8 Å². The quantitative estimate of drug-likeness (QED) is 0.679. The standard InChI is InChI=1S/C18H20BrN3O5/c1-4-22(16-6-5-12(19)9-21-16)18(24)11-7-13(25-2)17(14(8-11)26-3)27-10-15(20)23/h5-9H,4,10H2,1-3H3,(H2,20,23). The van der Waals surface area contributed by atoms with Gasteiger partial charge in [0.1, 0.15) is 5.82 Å². The molecule has 2 amide bonds. The molecule has 0 fully saturated rings. The summed E-state index contributed by atoms with van der Waals surface area (Å²) in [5, 5.41) is 0. The Kier molecular flexibility index (Phi) is 7.00. The van der Waals surface area contributed by atoms with Gasteiger partial charge in [-0.05, 0) is 47.1 Å². The number of primary amides is 1. The molecule has 1 aromatic carbocycles. The molecule has 0 radical (unpaired) electrons. The topological polar surface area (TPSA) is 104 Å². The molecule has 0 aliphatic heterocycles. The summed E-state index contributed by atoms with van der Waals surface area (Å²) in [6, 6.07) is 6.58. The molecule has 1 aromatic heterocycles. The van der Waals surface area contributed by atoms with Gasteiger partial charge in [-0.15, -0.1) is 0 Å². The number of nitrogens with two attached hydrogens (primary N) is 1. The van der Waals surface area contributed by atoms with Gasteiger partial charge in [-0.1, -0.05) is 0 Å². The maximum absolute atomic E-state index is 13.0. The molecule has 0 spiro atoms. The predicted octanol–water partition coefficient (Wildman–Crippen LogP) is 2.39. The zero-order valence-corrected chi connectivity index (χ0v) is 16.8. The zero-order valence-electron chi connectivity index (χ0n) is 15.2. The van der Waals surface area contributed by atoms with E-state index in [9.17, 15) is 9.59 Å². The molecule has 1 heterocycles. The lowest BCUT2D eigenvalue weighted by Gasteiger charge is -2.21. The van der Waals surface area contributed by atoms with Gasteiger partial charge in [-0.2, -0.15) is 0 Å². The van der Waals surface area contributed by atoms with Crippen LogP contribution in [0.4, 0.5) is 5.82 Å². The number of methoxy groups -OCH3 is 2. The number of ether oxygens (including phenoxy) is 3. The van der Waals surface area contributed by atoms with Crippen LogP contribution in [0.25, 0.3) is 0 Å². The van der Waals surface area contributed by atoms with Gasteiger partial charge < -0.3 is 19.9 Å². The molecule has 0 aliphatic rings. The average molecular weight is 438 g/mol. The molecule has 9 heteroatoms. The van der Waals surface area contributed by atoms with Gasteiger partial charge in [0.2, 0.25) is 5.75 Å². The Morgan fingerprint density at radius 2 is 1.81 bits per heavy atom. The van der Waals surface area contributed by atoms with Crippen LogP contribution in [0, 0.1) is 0 Å². The first-order valence-electron chi connectivity index (χ1n) is 8.01. The van der Waals surface area contributed by atoms with E-state index in [1.807, 2.05) is 6.92 Å². The number of carbonyl (C=O) groups excluding carboxylic acids is 2. The monoisotopic (exact) mass is 437 g/mol. The molecule has 0 saturated carbocycles. The smallest absolute Gasteiger partial charge is 0.259 e. The van der Waals surface area contributed by atoms with Gasteiger partial charge in [0.05, 0.1) is 14.2 Å². The minimum Gasteiger partial charge on any atom is -0.493 e. The van der Waals surface area contributed by atoms with Crippen molar-refractivity contribution in [3.8, 4) is 17.2 Å². The Hall–Kier alpha value is -2.81. The zero-order chi connectivity index (χ0) is 20.0. The predicted molar refractivity (Wildman–Crippen MR) is 104 cm³/mol. The number of hydrogen-bond donors (Lipinski definition) is 1. The fraction of sp³-hybridized carbons (Fsp3) is 0.278. The van der Waals surface area contributed by atoms with Crippen molar-refractivity contribution in [1.29, 1.82) is 0 Å². The molecule has 0 unspecified atom stereocenters. The third-order valence-corrected chi connectivity index (χ3v) is 4.09. The van der Waals surface area contributed by atoms with Crippen molar-refractivity contribution in [2.24, 2.45) is 5.73 Å². The normalized spacial score (nSPS) is 10.2. The minimum absolute atomic E-state index is 0.195. The van der Waals surface area contributed by atoms with Crippen molar-refractivity contribution in [3.05, 3.63) is 40.5 Å². The highest BCUT2D eigenvalue weighted by atomic mass is 79.9. The number of rotatable bonds is 8. The largest absolute Gasteiger partial charge is 0.493 e. The Labute approximate surface area is 165 Å². The first-order chi connectivity index (χ1) is 12.9. The molecule has 0 saturated heterocycles. The molecular weight excluding hydrogens is 418 g/mol. The highest BCUT2D eigenvalue weighted by molar-refractivity contribution is 9.10. The van der Waals surface area contributed by atoms with Crippen molar-refractivity contribution in [1.82, 2.24) is 4.98 Å². The van der Waals surface area contributed by atoms with E-state index in [1.54, 1.807) is 18.3 Å². The van der Waals surface area contributed by atoms with Crippen LogP contribution >= 0.6 is 15.9 Å². The second-order valence-corrected chi connectivity index (χ2v) is 6.26. The summed E-state index contributed by atoms with van der Waals surface area (Å²) in [6.45, 7) is 1.92. The van der Waals surface area contributed by atoms with E-state index < -0.39 is 5.91 Å². The van der Waals surface area contributed by atoms with Gasteiger partial charge in [-0.25, -0.2) is 4.98 Å². The first-order valence-corrected chi connectivity index (χ1v) is 8.81. The van der Waals surface area contributed by atoms with E-state index in [4.69, 9.17) is 19.9 Å². The molecule has 2 rings (SSSR count). The average Bonchev–Trinajstić information content (AvgIpc) is 2.67. The van der Waals surface area contributed by atoms with Gasteiger partial charge >= 0.3 is 0 Å². The third kappa shape index (κ3) is 4.88. The summed E-state index contributed by atoms with van der Waals surface area (Å²) in [6.07, 6.45) is 1.62. The molecule has 0 atom stereocenters. The second kappa shape index (κ2) is 9.22. The molecule has 2 aromatic rings. The maximum Gasteiger partial charge on any atom is 0.259 e. The van der Waals surface area contributed by atoms with Gasteiger partial charge in [0.25, 0.3) is 11.8 Å². The third-order valence-electron chi connectivity index (χ3n) is 3.62. The number of halogens is 1. The Morgan fingerprint density at radius 3 is 2.26 bits per heavy atom. The van der Waals surface area contributed by atoms with Crippen molar-refractivity contribution in [2.75, 3.05) is 32.3 Å². The number of amides is 2. The summed E-state index contributed by atoms with van der Waals surface area (Å²) < 4.78 is 16.8. The lowest BCUT2D eigenvalue weighted by Crippen LogP contribution is -2.31. The minimum atomic E-state index is -0.641. The van der Waals surface area contributed by atoms with Crippen LogP contribution in [0.3, 0.4) is 0 Å². The fourth-order valence-electron chi connectivity index (χ4n) is 2.38. The van der Waals surface area contributed by atoms with Crippen LogP contribution in [0.15, 0.2) is 34.9 Å². The summed E-state index contributed by atoms with van der Waals surface area (Å²) in [4.78, 5) is 29.8. The van der Waals surface area contributed by atoms with E-state index in [2.05, 4.69) is 20.9 Å². The molecule has 0 aliphatic carbocycles. The van der Waals surface area contributed by atoms with Crippen LogP contribution in [-0.2, 0) is 4.79 Å². The van der Waals surface area contributed by atoms with E-state index in [1.165, 1.54) is 31.3 Å². The molecule has 144 valence electrons. The van der Waals surface area contributed by atoms with Crippen LogP contribution < -0.4 is 24.8 Å². The molecular formula is C18H20BrN3O5. The van der Waals surface area contributed by atoms with Gasteiger partial charge in [-0.3, -0.25) is 14.5 Å². The second-order valence-electron chi connectivity index (χ2n) is 5.35. The number of aromatic nitrogens is 1. The highest BCUT2D eigenvalue weighted by Crippen LogP contribution is 2.39. The van der Waals surface area contributed by atoms with Crippen molar-refractivity contribution in [2.45, 2.75) is 6.92 Å². The van der Waals surface area contributed by atoms with E-state index in [0.29, 0.717) is 17.9 Å². The SMILES string of the molecule is CCN(C(=O)c1cc(OC)c(OCC(N)=O)c(OC)c1)c1ccc(Br)cn1. The number of anilines is 1. The number of hydrogen-bond acceptors (Lipinski definition) is 6. The number of pyridine rings is 1.